The fourth-order valence-electron chi connectivity index (χ4n) is 3.00. The van der Waals surface area contributed by atoms with E-state index in [9.17, 15) is 8.42 Å². The van der Waals surface area contributed by atoms with Crippen LogP contribution in [-0.4, -0.2) is 47.3 Å². The van der Waals surface area contributed by atoms with E-state index in [0.717, 1.165) is 25.2 Å². The monoisotopic (exact) mass is 530 g/mol. The van der Waals surface area contributed by atoms with E-state index in [-0.39, 0.29) is 24.0 Å². The van der Waals surface area contributed by atoms with E-state index in [0.29, 0.717) is 25.4 Å². The topological polar surface area (TPSA) is 82.6 Å². The number of hydrogen-bond donors (Lipinski definition) is 3. The first-order chi connectivity index (χ1) is 13.5. The van der Waals surface area contributed by atoms with Crippen molar-refractivity contribution >= 4 is 40.0 Å². The molecular weight excluding hydrogens is 499 g/mol. The van der Waals surface area contributed by atoms with Crippen molar-refractivity contribution in [2.45, 2.75) is 18.8 Å². The number of nitrogens with zero attached hydrogens (tertiary/aromatic N) is 1. The predicted octanol–water partition coefficient (Wildman–Crippen LogP) is 2.93. The number of benzene rings is 2. The molecule has 0 aliphatic rings. The van der Waals surface area contributed by atoms with Gasteiger partial charge in [-0.1, -0.05) is 60.7 Å². The molecule has 8 heteroatoms. The molecule has 3 N–H and O–H groups in total. The Morgan fingerprint density at radius 1 is 0.897 bits per heavy atom. The van der Waals surface area contributed by atoms with Crippen molar-refractivity contribution in [2.75, 3.05) is 32.9 Å². The molecule has 0 radical (unpaired) electrons. The van der Waals surface area contributed by atoms with Crippen LogP contribution in [0.2, 0.25) is 0 Å². The lowest BCUT2D eigenvalue weighted by atomic mass is 9.88. The van der Waals surface area contributed by atoms with Crippen LogP contribution in [0.5, 0.6) is 0 Å². The van der Waals surface area contributed by atoms with Crippen molar-refractivity contribution in [1.82, 2.24) is 15.4 Å². The highest BCUT2D eigenvalue weighted by Gasteiger charge is 2.13. The zero-order valence-corrected chi connectivity index (χ0v) is 20.1. The first-order valence-electron chi connectivity index (χ1n) is 9.48. The quantitative estimate of drug-likeness (QED) is 0.191. The summed E-state index contributed by atoms with van der Waals surface area (Å²) in [4.78, 5) is 4.23. The summed E-state index contributed by atoms with van der Waals surface area (Å²) in [7, 11) is -1.40. The third-order valence-electron chi connectivity index (χ3n) is 4.36. The van der Waals surface area contributed by atoms with Crippen LogP contribution >= 0.6 is 24.0 Å². The molecule has 0 aromatic heterocycles. The number of guanidine groups is 1. The van der Waals surface area contributed by atoms with Gasteiger partial charge >= 0.3 is 0 Å². The Morgan fingerprint density at radius 2 is 1.41 bits per heavy atom. The standard InChI is InChI=1S/C21H30N4O2S.HI/c1-22-21(23-15-9-16-25-28(2,26)27)24-17-14-20(18-10-5-3-6-11-18)19-12-7-4-8-13-19;/h3-8,10-13,20,25H,9,14-17H2,1-2H3,(H2,22,23,24);1H. The summed E-state index contributed by atoms with van der Waals surface area (Å²) >= 11 is 0. The van der Waals surface area contributed by atoms with Crippen LogP contribution in [0.4, 0.5) is 0 Å². The van der Waals surface area contributed by atoms with Gasteiger partial charge in [-0.25, -0.2) is 13.1 Å². The lowest BCUT2D eigenvalue weighted by Gasteiger charge is -2.19. The zero-order valence-electron chi connectivity index (χ0n) is 17.0. The van der Waals surface area contributed by atoms with Gasteiger partial charge in [-0.2, -0.15) is 0 Å². The second-order valence-electron chi connectivity index (χ2n) is 6.61. The van der Waals surface area contributed by atoms with Crippen molar-refractivity contribution < 1.29 is 8.42 Å². The van der Waals surface area contributed by atoms with Gasteiger partial charge < -0.3 is 10.6 Å². The van der Waals surface area contributed by atoms with Crippen LogP contribution in [0, 0.1) is 0 Å². The van der Waals surface area contributed by atoms with Crippen LogP contribution in [0.25, 0.3) is 0 Å². The van der Waals surface area contributed by atoms with Crippen LogP contribution < -0.4 is 15.4 Å². The second kappa shape index (κ2) is 13.6. The predicted molar refractivity (Wildman–Crippen MR) is 132 cm³/mol. The molecule has 2 aromatic rings. The molecule has 0 heterocycles. The summed E-state index contributed by atoms with van der Waals surface area (Å²) in [5.74, 6) is 1.03. The summed E-state index contributed by atoms with van der Waals surface area (Å²) < 4.78 is 24.6. The molecule has 160 valence electrons. The Labute approximate surface area is 191 Å². The van der Waals surface area contributed by atoms with Crippen molar-refractivity contribution in [2.24, 2.45) is 4.99 Å². The normalized spacial score (nSPS) is 11.8. The molecule has 0 saturated heterocycles. The molecule has 0 atom stereocenters. The molecule has 2 aromatic carbocycles. The molecule has 6 nitrogen and oxygen atoms in total. The maximum Gasteiger partial charge on any atom is 0.208 e. The van der Waals surface area contributed by atoms with Gasteiger partial charge in [0.25, 0.3) is 0 Å². The first-order valence-corrected chi connectivity index (χ1v) is 11.4. The third-order valence-corrected chi connectivity index (χ3v) is 5.09. The molecular formula is C21H31IN4O2S. The van der Waals surface area contributed by atoms with E-state index in [2.05, 4.69) is 68.9 Å². The molecule has 0 saturated carbocycles. The number of sulfonamides is 1. The summed E-state index contributed by atoms with van der Waals surface area (Å²) in [6.07, 6.45) is 2.78. The average molecular weight is 530 g/mol. The molecule has 29 heavy (non-hydrogen) atoms. The summed E-state index contributed by atoms with van der Waals surface area (Å²) in [6.45, 7) is 1.83. The van der Waals surface area contributed by atoms with E-state index in [4.69, 9.17) is 0 Å². The lowest BCUT2D eigenvalue weighted by Crippen LogP contribution is -2.39. The minimum atomic E-state index is -3.13. The van der Waals surface area contributed by atoms with Crippen LogP contribution in [-0.2, 0) is 10.0 Å². The maximum absolute atomic E-state index is 11.1. The first kappa shape index (κ1) is 25.4. The van der Waals surface area contributed by atoms with Crippen molar-refractivity contribution in [3.63, 3.8) is 0 Å². The van der Waals surface area contributed by atoms with Crippen LogP contribution in [0.3, 0.4) is 0 Å². The number of nitrogens with one attached hydrogen (secondary N) is 3. The van der Waals surface area contributed by atoms with Crippen LogP contribution in [0.15, 0.2) is 65.7 Å². The van der Waals surface area contributed by atoms with Crippen LogP contribution in [0.1, 0.15) is 29.9 Å². The van der Waals surface area contributed by atoms with Gasteiger partial charge in [0.05, 0.1) is 6.26 Å². The molecule has 0 fully saturated rings. The van der Waals surface area contributed by atoms with Gasteiger partial charge in [-0.15, -0.1) is 24.0 Å². The van der Waals surface area contributed by atoms with Gasteiger partial charge in [0.1, 0.15) is 0 Å². The minimum Gasteiger partial charge on any atom is -0.356 e. The minimum absolute atomic E-state index is 0. The largest absolute Gasteiger partial charge is 0.356 e. The smallest absolute Gasteiger partial charge is 0.208 e. The Morgan fingerprint density at radius 3 is 1.90 bits per heavy atom. The van der Waals surface area contributed by atoms with E-state index in [1.165, 1.54) is 11.1 Å². The summed E-state index contributed by atoms with van der Waals surface area (Å²) in [6, 6.07) is 21.0. The van der Waals surface area contributed by atoms with Crippen molar-refractivity contribution in [3.8, 4) is 0 Å². The second-order valence-corrected chi connectivity index (χ2v) is 8.44. The Kier molecular flexibility index (Phi) is 11.9. The van der Waals surface area contributed by atoms with Crippen molar-refractivity contribution in [1.29, 1.82) is 0 Å². The average Bonchev–Trinajstić information content (AvgIpc) is 2.70. The molecule has 0 bridgehead atoms. The number of hydrogen-bond acceptors (Lipinski definition) is 3. The summed E-state index contributed by atoms with van der Waals surface area (Å²) in [5.41, 5.74) is 2.59. The van der Waals surface area contributed by atoms with E-state index in [1.807, 2.05) is 12.1 Å². The molecule has 0 aliphatic heterocycles. The van der Waals surface area contributed by atoms with Gasteiger partial charge in [-0.05, 0) is 24.0 Å². The van der Waals surface area contributed by atoms with Gasteiger partial charge in [0, 0.05) is 32.6 Å². The fourth-order valence-corrected chi connectivity index (χ4v) is 3.52. The number of halogens is 1. The molecule has 0 aliphatic carbocycles. The SMILES string of the molecule is CN=C(NCCCNS(C)(=O)=O)NCCC(c1ccccc1)c1ccccc1.I. The van der Waals surface area contributed by atoms with Crippen molar-refractivity contribution in [3.05, 3.63) is 71.8 Å². The molecule has 0 amide bonds. The molecule has 0 unspecified atom stereocenters. The van der Waals surface area contributed by atoms with Gasteiger partial charge in [0.2, 0.25) is 10.0 Å². The van der Waals surface area contributed by atoms with Gasteiger partial charge in [0.15, 0.2) is 5.96 Å². The fraction of sp³-hybridized carbons (Fsp3) is 0.381. The Hall–Kier alpha value is -1.65. The summed E-state index contributed by atoms with van der Waals surface area (Å²) in [5, 5.41) is 6.56. The van der Waals surface area contributed by atoms with Gasteiger partial charge in [-0.3, -0.25) is 4.99 Å². The highest BCUT2D eigenvalue weighted by Crippen LogP contribution is 2.27. The number of aliphatic imine (C=N–C) groups is 1. The maximum atomic E-state index is 11.1. The lowest BCUT2D eigenvalue weighted by molar-refractivity contribution is 0.584. The van der Waals surface area contributed by atoms with E-state index < -0.39 is 10.0 Å². The van der Waals surface area contributed by atoms with E-state index >= 15 is 0 Å². The highest BCUT2D eigenvalue weighted by molar-refractivity contribution is 14.0. The highest BCUT2D eigenvalue weighted by atomic mass is 127. The number of rotatable bonds is 10. The van der Waals surface area contributed by atoms with E-state index in [1.54, 1.807) is 7.05 Å². The Balaban J connectivity index is 0.00000420. The third kappa shape index (κ3) is 10.1. The molecule has 2 rings (SSSR count). The zero-order chi connectivity index (χ0) is 20.2. The Bertz CT molecular complexity index is 791. The molecule has 0 spiro atoms.